The molecule has 1 aliphatic heterocycles. The Balaban J connectivity index is 1.72. The van der Waals surface area contributed by atoms with E-state index in [1.807, 2.05) is 24.3 Å². The molecule has 0 radical (unpaired) electrons. The van der Waals surface area contributed by atoms with Gasteiger partial charge in [0.15, 0.2) is 11.5 Å². The van der Waals surface area contributed by atoms with Crippen LogP contribution in [0.25, 0.3) is 0 Å². The topological polar surface area (TPSA) is 31.4 Å². The van der Waals surface area contributed by atoms with Gasteiger partial charge in [0.1, 0.15) is 23.5 Å². The van der Waals surface area contributed by atoms with E-state index in [0.717, 1.165) is 27.7 Å². The van der Waals surface area contributed by atoms with E-state index in [1.165, 1.54) is 0 Å². The molecule has 1 aliphatic rings. The molecule has 0 amide bonds. The monoisotopic (exact) mass is 327 g/mol. The molecule has 104 valence electrons. The second-order valence-electron chi connectivity index (χ2n) is 4.18. The minimum atomic E-state index is 0.406. The molecule has 0 spiro atoms. The summed E-state index contributed by atoms with van der Waals surface area (Å²) in [5.74, 6) is 2.32. The van der Waals surface area contributed by atoms with E-state index < -0.39 is 0 Å². The van der Waals surface area contributed by atoms with Crippen molar-refractivity contribution in [1.29, 1.82) is 0 Å². The number of benzene rings is 1. The van der Waals surface area contributed by atoms with E-state index in [0.29, 0.717) is 23.5 Å². The molecule has 0 fully saturated rings. The Morgan fingerprint density at radius 3 is 2.65 bits per heavy atom. The highest BCUT2D eigenvalue weighted by Gasteiger charge is 2.12. The van der Waals surface area contributed by atoms with Crippen molar-refractivity contribution in [2.45, 2.75) is 10.6 Å². The fourth-order valence-corrected chi connectivity index (χ4v) is 3.22. The molecule has 0 N–H and O–H groups in total. The maximum absolute atomic E-state index is 6.06. The molecule has 0 atom stereocenters. The van der Waals surface area contributed by atoms with Crippen LogP contribution >= 0.6 is 35.0 Å². The van der Waals surface area contributed by atoms with Crippen LogP contribution in [0.5, 0.6) is 11.5 Å². The fourth-order valence-electron chi connectivity index (χ4n) is 1.82. The third-order valence-corrected chi connectivity index (χ3v) is 4.38. The Labute approximate surface area is 131 Å². The second kappa shape index (κ2) is 6.12. The van der Waals surface area contributed by atoms with Crippen LogP contribution in [0.3, 0.4) is 0 Å². The van der Waals surface area contributed by atoms with Crippen molar-refractivity contribution in [3.05, 3.63) is 46.2 Å². The largest absolute Gasteiger partial charge is 0.486 e. The molecule has 3 nitrogen and oxygen atoms in total. The highest BCUT2D eigenvalue weighted by atomic mass is 35.5. The molecule has 6 heteroatoms. The number of pyridine rings is 1. The van der Waals surface area contributed by atoms with Crippen LogP contribution in [0.15, 0.2) is 35.2 Å². The zero-order chi connectivity index (χ0) is 13.9. The van der Waals surface area contributed by atoms with Crippen LogP contribution < -0.4 is 9.47 Å². The summed E-state index contributed by atoms with van der Waals surface area (Å²) < 4.78 is 11.1. The van der Waals surface area contributed by atoms with Crippen molar-refractivity contribution in [2.75, 3.05) is 13.2 Å². The van der Waals surface area contributed by atoms with Gasteiger partial charge >= 0.3 is 0 Å². The number of thioether (sulfide) groups is 1. The van der Waals surface area contributed by atoms with Gasteiger partial charge in [0, 0.05) is 10.6 Å². The second-order valence-corrected chi connectivity index (χ2v) is 5.97. The zero-order valence-corrected chi connectivity index (χ0v) is 12.8. The Hall–Kier alpha value is -1.10. The van der Waals surface area contributed by atoms with Gasteiger partial charge in [-0.25, -0.2) is 4.98 Å². The van der Waals surface area contributed by atoms with E-state index in [9.17, 15) is 0 Å². The van der Waals surface area contributed by atoms with Crippen molar-refractivity contribution in [3.63, 3.8) is 0 Å². The van der Waals surface area contributed by atoms with E-state index in [-0.39, 0.29) is 0 Å². The number of nitrogens with zero attached hydrogens (tertiary/aromatic N) is 1. The Morgan fingerprint density at radius 1 is 1.05 bits per heavy atom. The van der Waals surface area contributed by atoms with E-state index in [2.05, 4.69) is 4.98 Å². The maximum Gasteiger partial charge on any atom is 0.162 e. The molecular formula is C14H11Cl2NO2S. The van der Waals surface area contributed by atoms with Gasteiger partial charge in [0.2, 0.25) is 0 Å². The first-order chi connectivity index (χ1) is 9.72. The number of aromatic nitrogens is 1. The first kappa shape index (κ1) is 13.9. The average Bonchev–Trinajstić information content (AvgIpc) is 2.46. The standard InChI is InChI=1S/C14H11Cl2NO2S/c15-13-4-1-9(14(16)17-13)8-20-10-2-3-11-12(7-10)19-6-5-18-11/h1-4,7H,5-6,8H2. The predicted octanol–water partition coefficient (Wildman–Crippen LogP) is 4.45. The van der Waals surface area contributed by atoms with Crippen LogP contribution in [0.1, 0.15) is 5.56 Å². The predicted molar refractivity (Wildman–Crippen MR) is 81.3 cm³/mol. The number of halogens is 2. The lowest BCUT2D eigenvalue weighted by Crippen LogP contribution is -2.15. The van der Waals surface area contributed by atoms with Crippen LogP contribution in [0.2, 0.25) is 10.3 Å². The molecule has 2 heterocycles. The highest BCUT2D eigenvalue weighted by Crippen LogP contribution is 2.35. The van der Waals surface area contributed by atoms with Gasteiger partial charge in [0.05, 0.1) is 0 Å². The van der Waals surface area contributed by atoms with Crippen molar-refractivity contribution < 1.29 is 9.47 Å². The summed E-state index contributed by atoms with van der Waals surface area (Å²) in [5.41, 5.74) is 0.955. The molecule has 1 aromatic heterocycles. The maximum atomic E-state index is 6.06. The summed E-state index contributed by atoms with van der Waals surface area (Å²) in [6, 6.07) is 9.56. The summed E-state index contributed by atoms with van der Waals surface area (Å²) in [4.78, 5) is 5.13. The van der Waals surface area contributed by atoms with Gasteiger partial charge in [-0.2, -0.15) is 0 Å². The molecule has 1 aromatic carbocycles. The van der Waals surface area contributed by atoms with Crippen LogP contribution in [-0.2, 0) is 5.75 Å². The van der Waals surface area contributed by atoms with Gasteiger partial charge < -0.3 is 9.47 Å². The summed E-state index contributed by atoms with van der Waals surface area (Å²) in [7, 11) is 0. The van der Waals surface area contributed by atoms with Crippen molar-refractivity contribution in [2.24, 2.45) is 0 Å². The Bertz CT molecular complexity index is 637. The smallest absolute Gasteiger partial charge is 0.162 e. The van der Waals surface area contributed by atoms with Gasteiger partial charge in [0.25, 0.3) is 0 Å². The lowest BCUT2D eigenvalue weighted by atomic mass is 10.3. The summed E-state index contributed by atoms with van der Waals surface area (Å²) >= 11 is 13.5. The molecule has 2 aromatic rings. The molecule has 0 bridgehead atoms. The summed E-state index contributed by atoms with van der Waals surface area (Å²) in [6.07, 6.45) is 0. The number of fused-ring (bicyclic) bond motifs is 1. The molecule has 0 saturated heterocycles. The first-order valence-electron chi connectivity index (χ1n) is 6.06. The first-order valence-corrected chi connectivity index (χ1v) is 7.80. The minimum absolute atomic E-state index is 0.406. The van der Waals surface area contributed by atoms with Crippen LogP contribution in [0, 0.1) is 0 Å². The number of rotatable bonds is 3. The SMILES string of the molecule is Clc1ccc(CSc2ccc3c(c2)OCCO3)c(Cl)n1. The molecular weight excluding hydrogens is 317 g/mol. The van der Waals surface area contributed by atoms with Crippen molar-refractivity contribution in [1.82, 2.24) is 4.98 Å². The molecule has 0 aliphatic carbocycles. The van der Waals surface area contributed by atoms with E-state index in [4.69, 9.17) is 32.7 Å². The molecule has 20 heavy (non-hydrogen) atoms. The zero-order valence-electron chi connectivity index (χ0n) is 10.4. The third kappa shape index (κ3) is 3.14. The van der Waals surface area contributed by atoms with Crippen molar-refractivity contribution >= 4 is 35.0 Å². The lowest BCUT2D eigenvalue weighted by molar-refractivity contribution is 0.171. The summed E-state index contributed by atoms with van der Waals surface area (Å²) in [6.45, 7) is 1.19. The molecule has 0 saturated carbocycles. The van der Waals surface area contributed by atoms with E-state index in [1.54, 1.807) is 17.8 Å². The van der Waals surface area contributed by atoms with Gasteiger partial charge in [-0.3, -0.25) is 0 Å². The van der Waals surface area contributed by atoms with Crippen LogP contribution in [-0.4, -0.2) is 18.2 Å². The number of hydrogen-bond donors (Lipinski definition) is 0. The number of hydrogen-bond acceptors (Lipinski definition) is 4. The van der Waals surface area contributed by atoms with Gasteiger partial charge in [-0.05, 0) is 29.8 Å². The van der Waals surface area contributed by atoms with Crippen molar-refractivity contribution in [3.8, 4) is 11.5 Å². The fraction of sp³-hybridized carbons (Fsp3) is 0.214. The van der Waals surface area contributed by atoms with Gasteiger partial charge in [-0.1, -0.05) is 29.3 Å². The molecule has 3 rings (SSSR count). The minimum Gasteiger partial charge on any atom is -0.486 e. The third-order valence-electron chi connectivity index (χ3n) is 2.80. The number of ether oxygens (including phenoxy) is 2. The Morgan fingerprint density at radius 2 is 1.85 bits per heavy atom. The van der Waals surface area contributed by atoms with Crippen LogP contribution in [0.4, 0.5) is 0 Å². The summed E-state index contributed by atoms with van der Waals surface area (Å²) in [5, 5.41) is 0.852. The average molecular weight is 328 g/mol. The highest BCUT2D eigenvalue weighted by molar-refractivity contribution is 7.98. The van der Waals surface area contributed by atoms with Gasteiger partial charge in [-0.15, -0.1) is 11.8 Å². The normalized spacial score (nSPS) is 13.3. The van der Waals surface area contributed by atoms with E-state index >= 15 is 0 Å². The lowest BCUT2D eigenvalue weighted by Gasteiger charge is -2.18. The Kier molecular flexibility index (Phi) is 4.24. The molecule has 0 unspecified atom stereocenters. The quantitative estimate of drug-likeness (QED) is 0.615.